The van der Waals surface area contributed by atoms with Crippen LogP contribution in [0.2, 0.25) is 10.4 Å². The molecule has 1 heterocycles. The molecule has 76 valence electrons. The predicted octanol–water partition coefficient (Wildman–Crippen LogP) is 2.82. The SMILES string of the molecule is CC(C)c1nc(Cl)nc(Cl)c1[N+](=O)[O-]. The Morgan fingerprint density at radius 2 is 1.93 bits per heavy atom. The van der Waals surface area contributed by atoms with Crippen molar-refractivity contribution >= 4 is 28.9 Å². The van der Waals surface area contributed by atoms with E-state index in [1.54, 1.807) is 13.8 Å². The van der Waals surface area contributed by atoms with E-state index in [1.165, 1.54) is 0 Å². The molecule has 5 nitrogen and oxygen atoms in total. The van der Waals surface area contributed by atoms with Gasteiger partial charge >= 0.3 is 5.69 Å². The van der Waals surface area contributed by atoms with E-state index in [2.05, 4.69) is 9.97 Å². The summed E-state index contributed by atoms with van der Waals surface area (Å²) in [5.41, 5.74) is -0.0222. The Bertz CT molecular complexity index is 381. The third-order valence-corrected chi connectivity index (χ3v) is 2.00. The highest BCUT2D eigenvalue weighted by Gasteiger charge is 2.24. The van der Waals surface area contributed by atoms with Crippen molar-refractivity contribution in [2.75, 3.05) is 0 Å². The van der Waals surface area contributed by atoms with Crippen LogP contribution in [-0.4, -0.2) is 14.9 Å². The molecular formula is C7H7Cl2N3O2. The van der Waals surface area contributed by atoms with Gasteiger partial charge in [0.2, 0.25) is 10.4 Å². The second kappa shape index (κ2) is 4.06. The van der Waals surface area contributed by atoms with Crippen molar-refractivity contribution in [2.45, 2.75) is 19.8 Å². The average molecular weight is 236 g/mol. The number of hydrogen-bond acceptors (Lipinski definition) is 4. The van der Waals surface area contributed by atoms with Crippen LogP contribution in [-0.2, 0) is 0 Å². The fourth-order valence-electron chi connectivity index (χ4n) is 0.988. The van der Waals surface area contributed by atoms with Gasteiger partial charge in [-0.3, -0.25) is 10.1 Å². The van der Waals surface area contributed by atoms with E-state index in [1.807, 2.05) is 0 Å². The summed E-state index contributed by atoms with van der Waals surface area (Å²) in [6.07, 6.45) is 0. The fraction of sp³-hybridized carbons (Fsp3) is 0.429. The first-order chi connectivity index (χ1) is 6.43. The Kier molecular flexibility index (Phi) is 3.23. The number of rotatable bonds is 2. The molecule has 0 unspecified atom stereocenters. The monoisotopic (exact) mass is 235 g/mol. The van der Waals surface area contributed by atoms with Crippen LogP contribution < -0.4 is 0 Å². The topological polar surface area (TPSA) is 68.9 Å². The number of nitro groups is 1. The Labute approximate surface area is 90.2 Å². The molecule has 0 N–H and O–H groups in total. The molecule has 0 aromatic carbocycles. The van der Waals surface area contributed by atoms with Gasteiger partial charge in [-0.1, -0.05) is 25.4 Å². The van der Waals surface area contributed by atoms with E-state index in [4.69, 9.17) is 23.2 Å². The van der Waals surface area contributed by atoms with Gasteiger partial charge in [0, 0.05) is 5.92 Å². The minimum Gasteiger partial charge on any atom is -0.258 e. The van der Waals surface area contributed by atoms with Gasteiger partial charge in [-0.15, -0.1) is 0 Å². The number of halogens is 2. The van der Waals surface area contributed by atoms with Gasteiger partial charge < -0.3 is 0 Å². The second-order valence-corrected chi connectivity index (χ2v) is 3.63. The molecule has 0 saturated carbocycles. The van der Waals surface area contributed by atoms with Crippen molar-refractivity contribution in [2.24, 2.45) is 0 Å². The Hall–Kier alpha value is -0.940. The summed E-state index contributed by atoms with van der Waals surface area (Å²) in [6, 6.07) is 0. The van der Waals surface area contributed by atoms with Crippen molar-refractivity contribution in [1.29, 1.82) is 0 Å². The highest BCUT2D eigenvalue weighted by Crippen LogP contribution is 2.31. The zero-order valence-corrected chi connectivity index (χ0v) is 9.00. The van der Waals surface area contributed by atoms with Gasteiger partial charge in [0.15, 0.2) is 0 Å². The maximum absolute atomic E-state index is 10.7. The fourth-order valence-corrected chi connectivity index (χ4v) is 1.45. The molecule has 0 bridgehead atoms. The lowest BCUT2D eigenvalue weighted by molar-refractivity contribution is -0.386. The molecule has 0 atom stereocenters. The summed E-state index contributed by atoms with van der Waals surface area (Å²) in [4.78, 5) is 17.4. The summed E-state index contributed by atoms with van der Waals surface area (Å²) in [7, 11) is 0. The molecule has 0 fully saturated rings. The first-order valence-electron chi connectivity index (χ1n) is 3.80. The van der Waals surface area contributed by atoms with Crippen molar-refractivity contribution in [3.63, 3.8) is 0 Å². The first kappa shape index (κ1) is 11.1. The molecule has 7 heteroatoms. The van der Waals surface area contributed by atoms with E-state index < -0.39 is 4.92 Å². The zero-order chi connectivity index (χ0) is 10.9. The average Bonchev–Trinajstić information content (AvgIpc) is 2.01. The Morgan fingerprint density at radius 3 is 2.36 bits per heavy atom. The highest BCUT2D eigenvalue weighted by molar-refractivity contribution is 6.33. The van der Waals surface area contributed by atoms with Crippen LogP contribution in [0.15, 0.2) is 0 Å². The van der Waals surface area contributed by atoms with Crippen LogP contribution in [0.5, 0.6) is 0 Å². The Balaban J connectivity index is 3.44. The highest BCUT2D eigenvalue weighted by atomic mass is 35.5. The molecule has 0 radical (unpaired) electrons. The third-order valence-electron chi connectivity index (χ3n) is 1.57. The minimum atomic E-state index is -0.603. The summed E-state index contributed by atoms with van der Waals surface area (Å²) in [5.74, 6) is -0.131. The third kappa shape index (κ3) is 2.10. The molecule has 14 heavy (non-hydrogen) atoms. The van der Waals surface area contributed by atoms with E-state index in [0.29, 0.717) is 0 Å². The van der Waals surface area contributed by atoms with Crippen molar-refractivity contribution in [3.8, 4) is 0 Å². The molecule has 0 saturated heterocycles. The molecular weight excluding hydrogens is 229 g/mol. The van der Waals surface area contributed by atoms with Crippen molar-refractivity contribution in [1.82, 2.24) is 9.97 Å². The lowest BCUT2D eigenvalue weighted by atomic mass is 10.1. The molecule has 1 aromatic rings. The second-order valence-electron chi connectivity index (χ2n) is 2.93. The summed E-state index contributed by atoms with van der Waals surface area (Å²) >= 11 is 11.1. The molecule has 0 aliphatic carbocycles. The molecule has 0 aliphatic heterocycles. The van der Waals surface area contributed by atoms with Crippen LogP contribution in [0.3, 0.4) is 0 Å². The summed E-state index contributed by atoms with van der Waals surface area (Å²) < 4.78 is 0. The van der Waals surface area contributed by atoms with Gasteiger partial charge in [0.05, 0.1) is 4.92 Å². The van der Waals surface area contributed by atoms with E-state index >= 15 is 0 Å². The number of nitrogens with zero attached hydrogens (tertiary/aromatic N) is 3. The minimum absolute atomic E-state index is 0.0794. The molecule has 1 aromatic heterocycles. The first-order valence-corrected chi connectivity index (χ1v) is 4.56. The largest absolute Gasteiger partial charge is 0.328 e. The van der Waals surface area contributed by atoms with Crippen LogP contribution in [0.1, 0.15) is 25.5 Å². The number of hydrogen-bond donors (Lipinski definition) is 0. The van der Waals surface area contributed by atoms with E-state index in [-0.39, 0.29) is 27.7 Å². The predicted molar refractivity (Wildman–Crippen MR) is 52.8 cm³/mol. The van der Waals surface area contributed by atoms with Gasteiger partial charge in [0.25, 0.3) is 0 Å². The van der Waals surface area contributed by atoms with Crippen molar-refractivity contribution < 1.29 is 4.92 Å². The summed E-state index contributed by atoms with van der Waals surface area (Å²) in [6.45, 7) is 3.53. The van der Waals surface area contributed by atoms with Crippen molar-refractivity contribution in [3.05, 3.63) is 26.2 Å². The zero-order valence-electron chi connectivity index (χ0n) is 7.49. The van der Waals surface area contributed by atoms with Gasteiger partial charge in [-0.2, -0.15) is 4.98 Å². The van der Waals surface area contributed by atoms with Gasteiger partial charge in [0.1, 0.15) is 5.69 Å². The standard InChI is InChI=1S/C7H7Cl2N3O2/c1-3(2)4-5(12(13)14)6(8)11-7(9)10-4/h3H,1-2H3. The van der Waals surface area contributed by atoms with Crippen LogP contribution in [0.25, 0.3) is 0 Å². The summed E-state index contributed by atoms with van der Waals surface area (Å²) in [5, 5.41) is 10.4. The van der Waals surface area contributed by atoms with E-state index in [9.17, 15) is 10.1 Å². The van der Waals surface area contributed by atoms with E-state index in [0.717, 1.165) is 0 Å². The maximum atomic E-state index is 10.7. The number of aromatic nitrogens is 2. The van der Waals surface area contributed by atoms with Gasteiger partial charge in [-0.25, -0.2) is 4.98 Å². The molecule has 0 amide bonds. The Morgan fingerprint density at radius 1 is 1.36 bits per heavy atom. The molecule has 0 aliphatic rings. The molecule has 0 spiro atoms. The van der Waals surface area contributed by atoms with Crippen LogP contribution >= 0.6 is 23.2 Å². The smallest absolute Gasteiger partial charge is 0.258 e. The maximum Gasteiger partial charge on any atom is 0.328 e. The lowest BCUT2D eigenvalue weighted by Crippen LogP contribution is -2.03. The lowest BCUT2D eigenvalue weighted by Gasteiger charge is -2.05. The quantitative estimate of drug-likeness (QED) is 0.342. The molecule has 1 rings (SSSR count). The normalized spacial score (nSPS) is 10.6. The van der Waals surface area contributed by atoms with Crippen LogP contribution in [0, 0.1) is 10.1 Å². The van der Waals surface area contributed by atoms with Gasteiger partial charge in [-0.05, 0) is 11.6 Å². The van der Waals surface area contributed by atoms with Crippen LogP contribution in [0.4, 0.5) is 5.69 Å².